The molecule has 27 heavy (non-hydrogen) atoms. The van der Waals surface area contributed by atoms with Crippen LogP contribution in [-0.4, -0.2) is 31.1 Å². The van der Waals surface area contributed by atoms with Crippen LogP contribution in [0.2, 0.25) is 0 Å². The van der Waals surface area contributed by atoms with Crippen LogP contribution in [0.15, 0.2) is 55.2 Å². The molecule has 5 rings (SSSR count). The van der Waals surface area contributed by atoms with E-state index in [1.807, 2.05) is 47.3 Å². The average Bonchev–Trinajstić information content (AvgIpc) is 3.34. The SMILES string of the molecule is O=C(OC1CCCCC1)n1ccc2ncc(-c3ccc4nccn4c3)cc21. The Morgan fingerprint density at radius 2 is 1.93 bits per heavy atom. The number of pyridine rings is 2. The number of nitrogens with zero attached hydrogens (tertiary/aromatic N) is 4. The van der Waals surface area contributed by atoms with Crippen LogP contribution in [0.3, 0.4) is 0 Å². The molecule has 6 nitrogen and oxygen atoms in total. The van der Waals surface area contributed by atoms with Gasteiger partial charge in [-0.25, -0.2) is 9.78 Å². The van der Waals surface area contributed by atoms with Gasteiger partial charge in [0.25, 0.3) is 0 Å². The molecule has 1 saturated carbocycles. The minimum Gasteiger partial charge on any atom is -0.446 e. The van der Waals surface area contributed by atoms with E-state index >= 15 is 0 Å². The summed E-state index contributed by atoms with van der Waals surface area (Å²) in [5.41, 5.74) is 4.40. The summed E-state index contributed by atoms with van der Waals surface area (Å²) in [6.45, 7) is 0. The molecule has 4 aromatic rings. The largest absolute Gasteiger partial charge is 0.446 e. The number of rotatable bonds is 2. The first-order valence-corrected chi connectivity index (χ1v) is 9.39. The molecule has 0 spiro atoms. The normalized spacial score (nSPS) is 15.4. The Morgan fingerprint density at radius 3 is 2.81 bits per heavy atom. The van der Waals surface area contributed by atoms with Crippen molar-refractivity contribution in [1.82, 2.24) is 18.9 Å². The standard InChI is InChI=1S/C21H20N4O2/c26-21(27-17-4-2-1-3-5-17)25-10-8-18-19(25)12-16(13-23-18)15-6-7-20-22-9-11-24(20)14-15/h6-14,17H,1-5H2. The van der Waals surface area contributed by atoms with E-state index < -0.39 is 0 Å². The Bertz CT molecular complexity index is 1120. The average molecular weight is 360 g/mol. The summed E-state index contributed by atoms with van der Waals surface area (Å²) in [5, 5.41) is 0. The summed E-state index contributed by atoms with van der Waals surface area (Å²) < 4.78 is 9.25. The molecule has 6 heteroatoms. The molecule has 1 aliphatic rings. The van der Waals surface area contributed by atoms with Crippen molar-refractivity contribution >= 4 is 22.8 Å². The second kappa shape index (κ2) is 6.54. The number of carbonyl (C=O) groups excluding carboxylic acids is 1. The van der Waals surface area contributed by atoms with Crippen LogP contribution in [0.4, 0.5) is 4.79 Å². The van der Waals surface area contributed by atoms with E-state index in [9.17, 15) is 4.79 Å². The van der Waals surface area contributed by atoms with Gasteiger partial charge in [0.2, 0.25) is 0 Å². The van der Waals surface area contributed by atoms with Crippen molar-refractivity contribution in [2.75, 3.05) is 0 Å². The maximum Gasteiger partial charge on any atom is 0.418 e. The Balaban J connectivity index is 1.49. The van der Waals surface area contributed by atoms with E-state index in [1.54, 1.807) is 17.0 Å². The number of aromatic nitrogens is 4. The van der Waals surface area contributed by atoms with E-state index in [1.165, 1.54) is 6.42 Å². The zero-order valence-corrected chi connectivity index (χ0v) is 14.9. The lowest BCUT2D eigenvalue weighted by Crippen LogP contribution is -2.23. The van der Waals surface area contributed by atoms with Gasteiger partial charge in [-0.2, -0.15) is 0 Å². The van der Waals surface area contributed by atoms with Gasteiger partial charge in [0.1, 0.15) is 11.8 Å². The monoisotopic (exact) mass is 360 g/mol. The Labute approximate surface area is 156 Å². The fourth-order valence-corrected chi connectivity index (χ4v) is 3.80. The first-order valence-electron chi connectivity index (χ1n) is 9.39. The van der Waals surface area contributed by atoms with Crippen molar-refractivity contribution in [2.24, 2.45) is 0 Å². The van der Waals surface area contributed by atoms with E-state index in [4.69, 9.17) is 4.74 Å². The molecule has 0 radical (unpaired) electrons. The molecule has 0 saturated heterocycles. The van der Waals surface area contributed by atoms with Gasteiger partial charge in [0.15, 0.2) is 0 Å². The van der Waals surface area contributed by atoms with Crippen molar-refractivity contribution < 1.29 is 9.53 Å². The molecule has 0 aliphatic heterocycles. The van der Waals surface area contributed by atoms with Gasteiger partial charge in [-0.1, -0.05) is 6.42 Å². The minimum absolute atomic E-state index is 0.0310. The first kappa shape index (κ1) is 16.1. The highest BCUT2D eigenvalue weighted by atomic mass is 16.6. The van der Waals surface area contributed by atoms with Gasteiger partial charge in [-0.15, -0.1) is 0 Å². The second-order valence-electron chi connectivity index (χ2n) is 7.07. The van der Waals surface area contributed by atoms with Crippen molar-refractivity contribution in [1.29, 1.82) is 0 Å². The molecule has 0 bridgehead atoms. The predicted molar refractivity (Wildman–Crippen MR) is 103 cm³/mol. The van der Waals surface area contributed by atoms with Gasteiger partial charge >= 0.3 is 6.09 Å². The maximum atomic E-state index is 12.7. The van der Waals surface area contributed by atoms with Gasteiger partial charge in [-0.05, 0) is 49.9 Å². The highest BCUT2D eigenvalue weighted by Gasteiger charge is 2.20. The number of carbonyl (C=O) groups is 1. The molecule has 0 unspecified atom stereocenters. The number of ether oxygens (including phenoxy) is 1. The van der Waals surface area contributed by atoms with Gasteiger partial charge in [0, 0.05) is 42.1 Å². The molecule has 136 valence electrons. The van der Waals surface area contributed by atoms with Crippen LogP contribution in [0.5, 0.6) is 0 Å². The lowest BCUT2D eigenvalue weighted by Gasteiger charge is -2.21. The minimum atomic E-state index is -0.319. The molecule has 0 N–H and O–H groups in total. The van der Waals surface area contributed by atoms with E-state index in [0.717, 1.165) is 53.5 Å². The molecular formula is C21H20N4O2. The summed E-state index contributed by atoms with van der Waals surface area (Å²) >= 11 is 0. The zero-order valence-electron chi connectivity index (χ0n) is 14.9. The van der Waals surface area contributed by atoms with Gasteiger partial charge in [0.05, 0.1) is 11.0 Å². The van der Waals surface area contributed by atoms with Crippen LogP contribution in [0.1, 0.15) is 32.1 Å². The first-order chi connectivity index (χ1) is 13.3. The highest BCUT2D eigenvalue weighted by Crippen LogP contribution is 2.25. The maximum absolute atomic E-state index is 12.7. The van der Waals surface area contributed by atoms with E-state index in [0.29, 0.717) is 0 Å². The third-order valence-electron chi connectivity index (χ3n) is 5.28. The van der Waals surface area contributed by atoms with Crippen LogP contribution >= 0.6 is 0 Å². The van der Waals surface area contributed by atoms with E-state index in [-0.39, 0.29) is 12.2 Å². The summed E-state index contributed by atoms with van der Waals surface area (Å²) in [6, 6.07) is 7.82. The van der Waals surface area contributed by atoms with Crippen LogP contribution in [0, 0.1) is 0 Å². The van der Waals surface area contributed by atoms with Crippen LogP contribution in [-0.2, 0) is 4.74 Å². The Hall–Kier alpha value is -3.15. The van der Waals surface area contributed by atoms with Crippen molar-refractivity contribution in [3.8, 4) is 11.1 Å². The summed E-state index contributed by atoms with van der Waals surface area (Å²) in [5.74, 6) is 0. The molecule has 0 amide bonds. The Morgan fingerprint density at radius 1 is 1.04 bits per heavy atom. The predicted octanol–water partition coefficient (Wildman–Crippen LogP) is 4.67. The number of fused-ring (bicyclic) bond motifs is 2. The topological polar surface area (TPSA) is 61.4 Å². The van der Waals surface area contributed by atoms with Crippen molar-refractivity contribution in [2.45, 2.75) is 38.2 Å². The van der Waals surface area contributed by atoms with Gasteiger partial charge < -0.3 is 9.14 Å². The number of hydrogen-bond acceptors (Lipinski definition) is 4. The molecule has 1 fully saturated rings. The Kier molecular flexibility index (Phi) is 3.89. The van der Waals surface area contributed by atoms with Crippen LogP contribution in [0.25, 0.3) is 27.8 Å². The fourth-order valence-electron chi connectivity index (χ4n) is 3.80. The molecule has 0 aromatic carbocycles. The fraction of sp³-hybridized carbons (Fsp3) is 0.286. The lowest BCUT2D eigenvalue weighted by atomic mass is 9.98. The molecule has 1 aliphatic carbocycles. The molecule has 4 heterocycles. The van der Waals surface area contributed by atoms with Crippen LogP contribution < -0.4 is 0 Å². The number of hydrogen-bond donors (Lipinski definition) is 0. The molecule has 0 atom stereocenters. The van der Waals surface area contributed by atoms with E-state index in [2.05, 4.69) is 9.97 Å². The smallest absolute Gasteiger partial charge is 0.418 e. The third-order valence-corrected chi connectivity index (χ3v) is 5.28. The number of imidazole rings is 1. The molecule has 4 aromatic heterocycles. The third kappa shape index (κ3) is 2.97. The molecular weight excluding hydrogens is 340 g/mol. The quantitative estimate of drug-likeness (QED) is 0.521. The van der Waals surface area contributed by atoms with Gasteiger partial charge in [-0.3, -0.25) is 9.55 Å². The lowest BCUT2D eigenvalue weighted by molar-refractivity contribution is 0.0772. The summed E-state index contributed by atoms with van der Waals surface area (Å²) in [6.07, 6.45) is 14.4. The summed E-state index contributed by atoms with van der Waals surface area (Å²) in [4.78, 5) is 21.5. The highest BCUT2D eigenvalue weighted by molar-refractivity contribution is 5.89. The zero-order chi connectivity index (χ0) is 18.2. The summed E-state index contributed by atoms with van der Waals surface area (Å²) in [7, 11) is 0. The van der Waals surface area contributed by atoms with Crippen molar-refractivity contribution in [3.63, 3.8) is 0 Å². The van der Waals surface area contributed by atoms with Crippen molar-refractivity contribution in [3.05, 3.63) is 55.2 Å². The second-order valence-corrected chi connectivity index (χ2v) is 7.07.